The molecule has 2 rings (SSSR count). The molecule has 0 aromatic carbocycles. The number of carboxylic acids is 1. The van der Waals surface area contributed by atoms with Crippen LogP contribution in [0.15, 0.2) is 0 Å². The number of nitrogens with one attached hydrogen (secondary N) is 1. The molecule has 0 amide bonds. The first-order valence-corrected chi connectivity index (χ1v) is 7.26. The summed E-state index contributed by atoms with van der Waals surface area (Å²) in [6.07, 6.45) is 3.34. The van der Waals surface area contributed by atoms with Crippen LogP contribution in [0.5, 0.6) is 0 Å². The van der Waals surface area contributed by atoms with Gasteiger partial charge in [0.1, 0.15) is 6.04 Å². The summed E-state index contributed by atoms with van der Waals surface area (Å²) in [7, 11) is 0. The molecule has 1 saturated heterocycles. The van der Waals surface area contributed by atoms with Crippen LogP contribution in [0.1, 0.15) is 47.0 Å². The smallest absolute Gasteiger partial charge is 0.321 e. The Labute approximate surface area is 108 Å². The van der Waals surface area contributed by atoms with Gasteiger partial charge < -0.3 is 5.11 Å². The number of carboxylic acid groups (broad SMARTS) is 1. The number of aliphatic carboxylic acids is 1. The van der Waals surface area contributed by atoms with E-state index < -0.39 is 5.97 Å². The minimum absolute atomic E-state index is 0.0195. The summed E-state index contributed by atoms with van der Waals surface area (Å²) in [5, 5.41) is 12.5. The van der Waals surface area contributed by atoms with Gasteiger partial charge in [0.05, 0.1) is 4.87 Å². The number of carbonyl (C=O) groups is 1. The van der Waals surface area contributed by atoms with Crippen molar-refractivity contribution in [1.29, 1.82) is 0 Å². The van der Waals surface area contributed by atoms with Crippen molar-refractivity contribution in [1.82, 2.24) is 5.32 Å². The topological polar surface area (TPSA) is 49.3 Å². The maximum atomic E-state index is 11.1. The molecule has 0 bridgehead atoms. The average molecular weight is 257 g/mol. The van der Waals surface area contributed by atoms with E-state index in [-0.39, 0.29) is 21.7 Å². The number of rotatable bonds is 1. The van der Waals surface area contributed by atoms with Gasteiger partial charge in [-0.15, -0.1) is 11.8 Å². The van der Waals surface area contributed by atoms with Crippen LogP contribution < -0.4 is 5.32 Å². The summed E-state index contributed by atoms with van der Waals surface area (Å²) in [4.78, 5) is 11.1. The largest absolute Gasteiger partial charge is 0.480 e. The van der Waals surface area contributed by atoms with Crippen molar-refractivity contribution in [3.63, 3.8) is 0 Å². The summed E-state index contributed by atoms with van der Waals surface area (Å²) in [5.74, 6) is -0.0165. The van der Waals surface area contributed by atoms with Gasteiger partial charge in [-0.1, -0.05) is 27.7 Å². The van der Waals surface area contributed by atoms with Crippen molar-refractivity contribution in [2.45, 2.75) is 57.9 Å². The SMILES string of the molecule is CC1(C)CC(C)(C)CC2(C1)N[C@@H](C(=O)O)CS2. The monoisotopic (exact) mass is 257 g/mol. The fourth-order valence-corrected chi connectivity index (χ4v) is 5.93. The second-order valence-corrected chi connectivity index (χ2v) is 8.60. The van der Waals surface area contributed by atoms with Gasteiger partial charge in [0.2, 0.25) is 0 Å². The van der Waals surface area contributed by atoms with Crippen LogP contribution in [0.25, 0.3) is 0 Å². The van der Waals surface area contributed by atoms with Gasteiger partial charge in [-0.2, -0.15) is 0 Å². The van der Waals surface area contributed by atoms with Gasteiger partial charge in [-0.05, 0) is 30.1 Å². The van der Waals surface area contributed by atoms with E-state index in [1.54, 1.807) is 0 Å². The maximum absolute atomic E-state index is 11.1. The fraction of sp³-hybridized carbons (Fsp3) is 0.923. The molecule has 1 saturated carbocycles. The van der Waals surface area contributed by atoms with Gasteiger partial charge in [0, 0.05) is 5.75 Å². The fourth-order valence-electron chi connectivity index (χ4n) is 4.01. The van der Waals surface area contributed by atoms with Crippen molar-refractivity contribution in [3.8, 4) is 0 Å². The van der Waals surface area contributed by atoms with E-state index in [0.717, 1.165) is 12.8 Å². The Morgan fingerprint density at radius 2 is 1.71 bits per heavy atom. The van der Waals surface area contributed by atoms with Crippen LogP contribution in [-0.2, 0) is 4.79 Å². The van der Waals surface area contributed by atoms with E-state index in [4.69, 9.17) is 5.11 Å². The highest BCUT2D eigenvalue weighted by atomic mass is 32.2. The van der Waals surface area contributed by atoms with E-state index in [1.807, 2.05) is 11.8 Å². The van der Waals surface area contributed by atoms with Crippen LogP contribution in [-0.4, -0.2) is 27.7 Å². The highest BCUT2D eigenvalue weighted by molar-refractivity contribution is 8.01. The Bertz CT molecular complexity index is 322. The first kappa shape index (κ1) is 13.2. The van der Waals surface area contributed by atoms with Gasteiger partial charge in [0.15, 0.2) is 0 Å². The van der Waals surface area contributed by atoms with Crippen molar-refractivity contribution >= 4 is 17.7 Å². The molecule has 1 heterocycles. The maximum Gasteiger partial charge on any atom is 0.321 e. The molecular formula is C13H23NO2S. The first-order chi connectivity index (χ1) is 7.63. The molecular weight excluding hydrogens is 234 g/mol. The highest BCUT2D eigenvalue weighted by Crippen LogP contribution is 2.55. The van der Waals surface area contributed by atoms with Crippen molar-refractivity contribution < 1.29 is 9.90 Å². The van der Waals surface area contributed by atoms with E-state index in [9.17, 15) is 4.79 Å². The van der Waals surface area contributed by atoms with Crippen LogP contribution in [0.3, 0.4) is 0 Å². The Kier molecular flexibility index (Phi) is 3.02. The molecule has 0 aromatic rings. The molecule has 3 nitrogen and oxygen atoms in total. The summed E-state index contributed by atoms with van der Waals surface area (Å²) in [6.45, 7) is 9.19. The van der Waals surface area contributed by atoms with Crippen LogP contribution in [0.4, 0.5) is 0 Å². The second kappa shape index (κ2) is 3.89. The van der Waals surface area contributed by atoms with E-state index in [0.29, 0.717) is 5.75 Å². The zero-order valence-electron chi connectivity index (χ0n) is 11.2. The van der Waals surface area contributed by atoms with Gasteiger partial charge in [-0.3, -0.25) is 10.1 Å². The van der Waals surface area contributed by atoms with E-state index in [2.05, 4.69) is 33.0 Å². The lowest BCUT2D eigenvalue weighted by Crippen LogP contribution is -2.53. The average Bonchev–Trinajstić information content (AvgIpc) is 2.41. The predicted octanol–water partition coefficient (Wildman–Crippen LogP) is 2.71. The molecule has 4 heteroatoms. The molecule has 0 unspecified atom stereocenters. The molecule has 2 N–H and O–H groups in total. The lowest BCUT2D eigenvalue weighted by Gasteiger charge is -2.50. The third-order valence-corrected chi connectivity index (χ3v) is 5.21. The van der Waals surface area contributed by atoms with Gasteiger partial charge in [-0.25, -0.2) is 0 Å². The zero-order valence-corrected chi connectivity index (χ0v) is 12.0. The minimum atomic E-state index is -0.712. The Balaban J connectivity index is 2.18. The Hall–Kier alpha value is -0.220. The molecule has 0 aromatic heterocycles. The molecule has 1 aliphatic heterocycles. The number of thioether (sulfide) groups is 1. The first-order valence-electron chi connectivity index (χ1n) is 6.28. The summed E-state index contributed by atoms with van der Waals surface area (Å²) >= 11 is 1.81. The molecule has 1 spiro atoms. The Morgan fingerprint density at radius 3 is 2.12 bits per heavy atom. The quantitative estimate of drug-likeness (QED) is 0.758. The standard InChI is InChI=1S/C13H23NO2S/c1-11(2)6-12(3,4)8-13(7-11)14-9(5-17-13)10(15)16/h9,14H,5-8H2,1-4H3,(H,15,16)/t9-/m1/s1. The molecule has 2 aliphatic rings. The third-order valence-electron chi connectivity index (χ3n) is 3.75. The van der Waals surface area contributed by atoms with Crippen molar-refractivity contribution in [2.24, 2.45) is 10.8 Å². The highest BCUT2D eigenvalue weighted by Gasteiger charge is 2.52. The van der Waals surface area contributed by atoms with E-state index in [1.165, 1.54) is 6.42 Å². The minimum Gasteiger partial charge on any atom is -0.480 e. The normalized spacial score (nSPS) is 33.8. The lowest BCUT2D eigenvalue weighted by molar-refractivity contribution is -0.139. The number of hydrogen-bond donors (Lipinski definition) is 2. The summed E-state index contributed by atoms with van der Waals surface area (Å²) in [6, 6.07) is -0.371. The number of hydrogen-bond acceptors (Lipinski definition) is 3. The molecule has 17 heavy (non-hydrogen) atoms. The molecule has 1 aliphatic carbocycles. The molecule has 98 valence electrons. The van der Waals surface area contributed by atoms with Crippen LogP contribution in [0.2, 0.25) is 0 Å². The molecule has 1 atom stereocenters. The predicted molar refractivity (Wildman–Crippen MR) is 71.2 cm³/mol. The summed E-state index contributed by atoms with van der Waals surface area (Å²) < 4.78 is 0. The van der Waals surface area contributed by atoms with Crippen molar-refractivity contribution in [2.75, 3.05) is 5.75 Å². The third kappa shape index (κ3) is 2.79. The lowest BCUT2D eigenvalue weighted by atomic mass is 9.63. The van der Waals surface area contributed by atoms with E-state index >= 15 is 0 Å². The zero-order chi connectivity index (χ0) is 12.9. The Morgan fingerprint density at radius 1 is 1.18 bits per heavy atom. The summed E-state index contributed by atoms with van der Waals surface area (Å²) in [5.41, 5.74) is 0.574. The van der Waals surface area contributed by atoms with Gasteiger partial charge in [0.25, 0.3) is 0 Å². The van der Waals surface area contributed by atoms with Crippen LogP contribution in [0, 0.1) is 10.8 Å². The van der Waals surface area contributed by atoms with Crippen molar-refractivity contribution in [3.05, 3.63) is 0 Å². The molecule has 0 radical (unpaired) electrons. The van der Waals surface area contributed by atoms with Crippen LogP contribution >= 0.6 is 11.8 Å². The van der Waals surface area contributed by atoms with Gasteiger partial charge >= 0.3 is 5.97 Å². The second-order valence-electron chi connectivity index (χ2n) is 7.20. The molecule has 2 fully saturated rings.